The van der Waals surface area contributed by atoms with Crippen molar-refractivity contribution in [3.63, 3.8) is 0 Å². The molecule has 0 aliphatic carbocycles. The number of quaternary nitrogens is 1. The number of phosphoric ester groups is 1. The molecule has 0 rings (SSSR count). The lowest BCUT2D eigenvalue weighted by Crippen LogP contribution is -2.37. The van der Waals surface area contributed by atoms with Crippen LogP contribution < -0.4 is 0 Å². The standard InChI is InChI=1S/C75H130NO8P/c1-6-8-10-12-14-16-18-20-22-24-26-28-30-32-33-34-35-36-37-38-39-40-41-42-43-44-46-48-50-52-54-56-58-60-62-64-66-68-75(78)84-73(72-83-85(79,80)82-70-69-76(3,4)5)71-81-74(77)67-65-63-61-59-57-55-53-51-49-47-45-31-29-27-25-23-21-19-17-15-13-11-9-7-2/h8,10,14,16,20,22,26,28,32-33,35-36,38-39,41-42,44,46,50,52,73H,6-7,9,11-13,15,17-19,21,23-25,27,29-31,34,37,40,43,45,47-49,51,53-72H2,1-5H3/p+1/b10-8-,16-14-,22-20-,28-26-,33-32-,36-35-,39-38-,42-41-,46-44-,52-50-. The molecule has 0 aromatic rings. The number of carbonyl (C=O) groups excluding carboxylic acids is 2. The van der Waals surface area contributed by atoms with E-state index in [1.807, 2.05) is 21.1 Å². The summed E-state index contributed by atoms with van der Waals surface area (Å²) in [4.78, 5) is 35.9. The van der Waals surface area contributed by atoms with E-state index in [4.69, 9.17) is 18.5 Å². The maximum Gasteiger partial charge on any atom is 0.472 e. The fraction of sp³-hybridized carbons (Fsp3) is 0.707. The van der Waals surface area contributed by atoms with Gasteiger partial charge in [0.2, 0.25) is 0 Å². The van der Waals surface area contributed by atoms with Gasteiger partial charge in [-0.3, -0.25) is 18.6 Å². The van der Waals surface area contributed by atoms with Crippen molar-refractivity contribution in [2.24, 2.45) is 0 Å². The molecular weight excluding hydrogens is 1070 g/mol. The van der Waals surface area contributed by atoms with Crippen molar-refractivity contribution in [2.45, 2.75) is 296 Å². The molecule has 2 unspecified atom stereocenters. The second kappa shape index (κ2) is 64.9. The maximum atomic E-state index is 12.9. The van der Waals surface area contributed by atoms with Gasteiger partial charge in [-0.15, -0.1) is 0 Å². The fourth-order valence-electron chi connectivity index (χ4n) is 9.46. The van der Waals surface area contributed by atoms with Gasteiger partial charge in [-0.25, -0.2) is 4.57 Å². The molecule has 0 aliphatic heterocycles. The van der Waals surface area contributed by atoms with Gasteiger partial charge in [0, 0.05) is 12.8 Å². The molecule has 2 atom stereocenters. The van der Waals surface area contributed by atoms with Crippen molar-refractivity contribution in [2.75, 3.05) is 47.5 Å². The Morgan fingerprint density at radius 3 is 1.00 bits per heavy atom. The minimum Gasteiger partial charge on any atom is -0.462 e. The summed E-state index contributed by atoms with van der Waals surface area (Å²) in [5.74, 6) is -0.810. The number of unbranched alkanes of at least 4 members (excludes halogenated alkanes) is 29. The van der Waals surface area contributed by atoms with Crippen molar-refractivity contribution >= 4 is 19.8 Å². The number of allylic oxidation sites excluding steroid dienone is 20. The summed E-state index contributed by atoms with van der Waals surface area (Å²) in [6.45, 7) is 4.33. The summed E-state index contributed by atoms with van der Waals surface area (Å²) in [5.41, 5.74) is 0. The largest absolute Gasteiger partial charge is 0.472 e. The first-order valence-corrected chi connectivity index (χ1v) is 36.3. The zero-order chi connectivity index (χ0) is 61.9. The zero-order valence-corrected chi connectivity index (χ0v) is 56.5. The van der Waals surface area contributed by atoms with Gasteiger partial charge in [0.25, 0.3) is 0 Å². The normalized spacial score (nSPS) is 13.9. The van der Waals surface area contributed by atoms with Crippen LogP contribution in [-0.2, 0) is 32.7 Å². The van der Waals surface area contributed by atoms with Crippen molar-refractivity contribution in [3.8, 4) is 0 Å². The fourth-order valence-corrected chi connectivity index (χ4v) is 10.2. The number of ether oxygens (including phenoxy) is 2. The zero-order valence-electron chi connectivity index (χ0n) is 55.6. The Bertz CT molecular complexity index is 1850. The number of likely N-dealkylation sites (N-methyl/N-ethyl adjacent to an activating group) is 1. The molecule has 1 N–H and O–H groups in total. The van der Waals surface area contributed by atoms with Gasteiger partial charge < -0.3 is 18.9 Å². The van der Waals surface area contributed by atoms with Crippen LogP contribution in [0.5, 0.6) is 0 Å². The molecule has 0 saturated heterocycles. The summed E-state index contributed by atoms with van der Waals surface area (Å²) in [7, 11) is 1.46. The van der Waals surface area contributed by atoms with Crippen LogP contribution in [-0.4, -0.2) is 74.9 Å². The summed E-state index contributed by atoms with van der Waals surface area (Å²) in [6.07, 6.45) is 93.0. The molecule has 0 spiro atoms. The van der Waals surface area contributed by atoms with E-state index < -0.39 is 26.5 Å². The smallest absolute Gasteiger partial charge is 0.462 e. The topological polar surface area (TPSA) is 108 Å². The summed E-state index contributed by atoms with van der Waals surface area (Å²) in [6, 6.07) is 0. The average Bonchev–Trinajstić information content (AvgIpc) is 3.50. The quantitative estimate of drug-likeness (QED) is 0.0211. The average molecular weight is 1210 g/mol. The Hall–Kier alpha value is -3.59. The Balaban J connectivity index is 4.14. The highest BCUT2D eigenvalue weighted by atomic mass is 31.2. The van der Waals surface area contributed by atoms with E-state index in [0.717, 1.165) is 122 Å². The SMILES string of the molecule is CC/C=C\C/C=C\C/C=C\C/C=C\C/C=C\C/C=C\C/C=C\C/C=C\C/C=C\C/C=C\CCCCCCCCC(=O)OC(COC(=O)CCCCCCCCCCCCCCCCCCCCCCCCCC)COP(=O)(O)OCC[N+](C)(C)C. The van der Waals surface area contributed by atoms with E-state index in [1.54, 1.807) is 0 Å². The van der Waals surface area contributed by atoms with Gasteiger partial charge in [0.05, 0.1) is 27.7 Å². The molecule has 85 heavy (non-hydrogen) atoms. The lowest BCUT2D eigenvalue weighted by molar-refractivity contribution is -0.870. The van der Waals surface area contributed by atoms with Crippen LogP contribution in [0.1, 0.15) is 290 Å². The van der Waals surface area contributed by atoms with Gasteiger partial charge in [0.1, 0.15) is 19.8 Å². The predicted molar refractivity (Wildman–Crippen MR) is 367 cm³/mol. The third kappa shape index (κ3) is 69.4. The molecule has 0 radical (unpaired) electrons. The second-order valence-electron chi connectivity index (χ2n) is 24.2. The van der Waals surface area contributed by atoms with Crippen LogP contribution in [0.2, 0.25) is 0 Å². The molecule has 0 amide bonds. The number of phosphoric acid groups is 1. The first-order chi connectivity index (χ1) is 41.5. The molecule has 0 aromatic carbocycles. The molecule has 10 heteroatoms. The number of hydrogen-bond donors (Lipinski definition) is 1. The maximum absolute atomic E-state index is 12.9. The first kappa shape index (κ1) is 81.4. The number of nitrogens with zero attached hydrogens (tertiary/aromatic N) is 1. The van der Waals surface area contributed by atoms with Crippen LogP contribution >= 0.6 is 7.82 Å². The molecular formula is C75H131NO8P+. The van der Waals surface area contributed by atoms with Crippen LogP contribution in [0.15, 0.2) is 122 Å². The van der Waals surface area contributed by atoms with Gasteiger partial charge in [-0.05, 0) is 89.9 Å². The summed E-state index contributed by atoms with van der Waals surface area (Å²) >= 11 is 0. The van der Waals surface area contributed by atoms with Crippen molar-refractivity contribution in [3.05, 3.63) is 122 Å². The Morgan fingerprint density at radius 2 is 0.671 bits per heavy atom. The number of hydrogen-bond acceptors (Lipinski definition) is 7. The number of esters is 2. The third-order valence-corrected chi connectivity index (χ3v) is 15.7. The minimum absolute atomic E-state index is 0.0242. The van der Waals surface area contributed by atoms with Crippen molar-refractivity contribution < 1.29 is 42.1 Å². The van der Waals surface area contributed by atoms with E-state index in [1.165, 1.54) is 135 Å². The van der Waals surface area contributed by atoms with Crippen molar-refractivity contribution in [1.29, 1.82) is 0 Å². The van der Waals surface area contributed by atoms with Crippen LogP contribution in [0.3, 0.4) is 0 Å². The van der Waals surface area contributed by atoms with E-state index in [-0.39, 0.29) is 32.0 Å². The Kier molecular flexibility index (Phi) is 62.1. The van der Waals surface area contributed by atoms with E-state index in [9.17, 15) is 19.0 Å². The van der Waals surface area contributed by atoms with Gasteiger partial charge in [-0.1, -0.05) is 309 Å². The molecule has 0 aliphatic rings. The van der Waals surface area contributed by atoms with E-state index in [2.05, 4.69) is 135 Å². The summed E-state index contributed by atoms with van der Waals surface area (Å²) < 4.78 is 34.7. The lowest BCUT2D eigenvalue weighted by atomic mass is 10.0. The van der Waals surface area contributed by atoms with Gasteiger partial charge in [0.15, 0.2) is 6.10 Å². The molecule has 0 fully saturated rings. The minimum atomic E-state index is -4.40. The van der Waals surface area contributed by atoms with E-state index in [0.29, 0.717) is 17.4 Å². The first-order valence-electron chi connectivity index (χ1n) is 34.8. The van der Waals surface area contributed by atoms with E-state index >= 15 is 0 Å². The van der Waals surface area contributed by atoms with Crippen LogP contribution in [0, 0.1) is 0 Å². The lowest BCUT2D eigenvalue weighted by Gasteiger charge is -2.24. The molecule has 0 bridgehead atoms. The molecule has 9 nitrogen and oxygen atoms in total. The monoisotopic (exact) mass is 1200 g/mol. The summed E-state index contributed by atoms with van der Waals surface area (Å²) in [5, 5.41) is 0. The van der Waals surface area contributed by atoms with Gasteiger partial charge >= 0.3 is 19.8 Å². The van der Waals surface area contributed by atoms with Gasteiger partial charge in [-0.2, -0.15) is 0 Å². The van der Waals surface area contributed by atoms with Crippen molar-refractivity contribution in [1.82, 2.24) is 0 Å². The van der Waals surface area contributed by atoms with Crippen LogP contribution in [0.25, 0.3) is 0 Å². The molecule has 0 aromatic heterocycles. The Labute approximate surface area is 524 Å². The number of rotatable bonds is 63. The predicted octanol–water partition coefficient (Wildman–Crippen LogP) is 22.7. The highest BCUT2D eigenvalue weighted by molar-refractivity contribution is 7.47. The highest BCUT2D eigenvalue weighted by Gasteiger charge is 2.27. The second-order valence-corrected chi connectivity index (χ2v) is 25.6. The Morgan fingerprint density at radius 1 is 0.376 bits per heavy atom. The molecule has 488 valence electrons. The number of carbonyl (C=O) groups is 2. The molecule has 0 saturated carbocycles. The highest BCUT2D eigenvalue weighted by Crippen LogP contribution is 2.43. The third-order valence-electron chi connectivity index (χ3n) is 14.8. The molecule has 0 heterocycles. The van der Waals surface area contributed by atoms with Crippen LogP contribution in [0.4, 0.5) is 0 Å².